The monoisotopic (exact) mass is 506 g/mol. The summed E-state index contributed by atoms with van der Waals surface area (Å²) in [5.41, 5.74) is 1.77. The van der Waals surface area contributed by atoms with Crippen molar-refractivity contribution in [3.63, 3.8) is 0 Å². The molecule has 10 heteroatoms. The predicted octanol–water partition coefficient (Wildman–Crippen LogP) is 0.0794. The van der Waals surface area contributed by atoms with Crippen LogP contribution >= 0.6 is 0 Å². The normalized spacial score (nSPS) is 37.1. The molecule has 198 valence electrons. The van der Waals surface area contributed by atoms with Gasteiger partial charge >= 0.3 is 0 Å². The van der Waals surface area contributed by atoms with Crippen molar-refractivity contribution in [2.24, 2.45) is 0 Å². The molecule has 0 aliphatic carbocycles. The third-order valence-corrected chi connectivity index (χ3v) is 6.46. The van der Waals surface area contributed by atoms with Gasteiger partial charge in [0.25, 0.3) is 0 Å². The van der Waals surface area contributed by atoms with E-state index in [1.807, 2.05) is 60.7 Å². The van der Waals surface area contributed by atoms with Crippen LogP contribution in [0.1, 0.15) is 18.1 Å². The van der Waals surface area contributed by atoms with E-state index < -0.39 is 68.0 Å². The standard InChI is InChI=1S/C26H34O10/c1-15-19(28)23(32-13-16-8-4-2-5-9-16)24(33-14-17-10-6-3-7-11-17)26(34-15)36-22-18(12-27)35-25(31)21(30)20(22)29/h2-11,15,18-31H,12-14H2,1H3/t15-,18-,19-,20-,21-,22-,23+,24-,25-,26-/m1/s1. The van der Waals surface area contributed by atoms with Gasteiger partial charge in [0.05, 0.1) is 25.9 Å². The van der Waals surface area contributed by atoms with Crippen LogP contribution in [0.5, 0.6) is 0 Å². The molecule has 2 aliphatic heterocycles. The molecule has 0 radical (unpaired) electrons. The highest BCUT2D eigenvalue weighted by Gasteiger charge is 2.51. The van der Waals surface area contributed by atoms with Crippen LogP contribution in [0.25, 0.3) is 0 Å². The maximum Gasteiger partial charge on any atom is 0.187 e. The third kappa shape index (κ3) is 6.29. The second-order valence-electron chi connectivity index (χ2n) is 9.05. The molecule has 4 rings (SSSR count). The lowest BCUT2D eigenvalue weighted by Crippen LogP contribution is -2.64. The van der Waals surface area contributed by atoms with E-state index in [2.05, 4.69) is 0 Å². The molecule has 2 fully saturated rings. The maximum atomic E-state index is 11.0. The molecule has 0 unspecified atom stereocenters. The summed E-state index contributed by atoms with van der Waals surface area (Å²) >= 11 is 0. The van der Waals surface area contributed by atoms with Gasteiger partial charge in [-0.15, -0.1) is 0 Å². The van der Waals surface area contributed by atoms with Crippen LogP contribution in [0.15, 0.2) is 60.7 Å². The van der Waals surface area contributed by atoms with Crippen molar-refractivity contribution in [3.05, 3.63) is 71.8 Å². The molecule has 2 saturated heterocycles. The van der Waals surface area contributed by atoms with Crippen molar-refractivity contribution in [1.29, 1.82) is 0 Å². The largest absolute Gasteiger partial charge is 0.394 e. The van der Waals surface area contributed by atoms with Gasteiger partial charge in [0.2, 0.25) is 0 Å². The lowest BCUT2D eigenvalue weighted by Gasteiger charge is -2.47. The van der Waals surface area contributed by atoms with E-state index in [-0.39, 0.29) is 13.2 Å². The van der Waals surface area contributed by atoms with Crippen LogP contribution in [0, 0.1) is 0 Å². The third-order valence-electron chi connectivity index (χ3n) is 6.46. The Hall–Kier alpha value is -1.96. The number of aliphatic hydroxyl groups is 5. The summed E-state index contributed by atoms with van der Waals surface area (Å²) in [7, 11) is 0. The minimum Gasteiger partial charge on any atom is -0.394 e. The van der Waals surface area contributed by atoms with E-state index in [1.54, 1.807) is 6.92 Å². The molecule has 5 N–H and O–H groups in total. The van der Waals surface area contributed by atoms with Gasteiger partial charge < -0.3 is 49.2 Å². The molecule has 2 aliphatic rings. The zero-order valence-corrected chi connectivity index (χ0v) is 19.9. The lowest BCUT2D eigenvalue weighted by molar-refractivity contribution is -0.360. The average Bonchev–Trinajstić information content (AvgIpc) is 2.90. The van der Waals surface area contributed by atoms with Crippen molar-refractivity contribution in [3.8, 4) is 0 Å². The molecule has 36 heavy (non-hydrogen) atoms. The van der Waals surface area contributed by atoms with Crippen molar-refractivity contribution < 1.29 is 49.2 Å². The highest BCUT2D eigenvalue weighted by atomic mass is 16.7. The summed E-state index contributed by atoms with van der Waals surface area (Å²) in [6.07, 6.45) is -12.1. The van der Waals surface area contributed by atoms with Crippen molar-refractivity contribution >= 4 is 0 Å². The van der Waals surface area contributed by atoms with Crippen LogP contribution < -0.4 is 0 Å². The van der Waals surface area contributed by atoms with Gasteiger partial charge in [0.15, 0.2) is 12.6 Å². The number of hydrogen-bond acceptors (Lipinski definition) is 10. The molecule has 0 spiro atoms. The molecule has 2 heterocycles. The summed E-state index contributed by atoms with van der Waals surface area (Å²) in [6.45, 7) is 1.44. The van der Waals surface area contributed by atoms with Crippen LogP contribution in [0.3, 0.4) is 0 Å². The Bertz CT molecular complexity index is 913. The Morgan fingerprint density at radius 1 is 0.694 bits per heavy atom. The Labute approximate surface area is 209 Å². The minimum absolute atomic E-state index is 0.162. The van der Waals surface area contributed by atoms with Gasteiger partial charge in [-0.3, -0.25) is 0 Å². The smallest absolute Gasteiger partial charge is 0.187 e. The van der Waals surface area contributed by atoms with Crippen molar-refractivity contribution in [2.75, 3.05) is 6.61 Å². The maximum absolute atomic E-state index is 11.0. The zero-order valence-electron chi connectivity index (χ0n) is 19.9. The van der Waals surface area contributed by atoms with Crippen LogP contribution in [0.4, 0.5) is 0 Å². The topological polar surface area (TPSA) is 147 Å². The number of hydrogen-bond donors (Lipinski definition) is 5. The Morgan fingerprint density at radius 2 is 1.25 bits per heavy atom. The lowest BCUT2D eigenvalue weighted by atomic mass is 9.97. The molecular formula is C26H34O10. The molecular weight excluding hydrogens is 472 g/mol. The summed E-state index contributed by atoms with van der Waals surface area (Å²) in [5, 5.41) is 51.2. The fraction of sp³-hybridized carbons (Fsp3) is 0.538. The number of rotatable bonds is 9. The Kier molecular flexibility index (Phi) is 9.42. The first-order chi connectivity index (χ1) is 17.4. The van der Waals surface area contributed by atoms with E-state index >= 15 is 0 Å². The molecule has 2 aromatic rings. The highest BCUT2D eigenvalue weighted by molar-refractivity contribution is 5.14. The molecule has 0 bridgehead atoms. The molecule has 0 amide bonds. The summed E-state index contributed by atoms with van der Waals surface area (Å²) in [4.78, 5) is 0. The average molecular weight is 507 g/mol. The van der Waals surface area contributed by atoms with Crippen molar-refractivity contribution in [1.82, 2.24) is 0 Å². The fourth-order valence-electron chi connectivity index (χ4n) is 4.39. The molecule has 2 aromatic carbocycles. The van der Waals surface area contributed by atoms with Gasteiger partial charge in [-0.2, -0.15) is 0 Å². The van der Waals surface area contributed by atoms with Crippen molar-refractivity contribution in [2.45, 2.75) is 81.5 Å². The molecule has 10 nitrogen and oxygen atoms in total. The molecule has 10 atom stereocenters. The first kappa shape index (κ1) is 27.1. The van der Waals surface area contributed by atoms with Gasteiger partial charge in [-0.05, 0) is 18.1 Å². The first-order valence-corrected chi connectivity index (χ1v) is 12.0. The van der Waals surface area contributed by atoms with E-state index in [9.17, 15) is 25.5 Å². The molecule has 0 saturated carbocycles. The van der Waals surface area contributed by atoms with E-state index in [0.717, 1.165) is 11.1 Å². The highest BCUT2D eigenvalue weighted by Crippen LogP contribution is 2.32. The zero-order chi connectivity index (χ0) is 25.7. The first-order valence-electron chi connectivity index (χ1n) is 12.0. The number of aliphatic hydroxyl groups excluding tert-OH is 5. The molecule has 0 aromatic heterocycles. The Morgan fingerprint density at radius 3 is 1.81 bits per heavy atom. The summed E-state index contributed by atoms with van der Waals surface area (Å²) in [6, 6.07) is 18.9. The second kappa shape index (κ2) is 12.5. The number of benzene rings is 2. The predicted molar refractivity (Wildman–Crippen MR) is 125 cm³/mol. The summed E-state index contributed by atoms with van der Waals surface area (Å²) < 4.78 is 29.4. The second-order valence-corrected chi connectivity index (χ2v) is 9.05. The number of ether oxygens (including phenoxy) is 5. The van der Waals surface area contributed by atoms with E-state index in [0.29, 0.717) is 0 Å². The van der Waals surface area contributed by atoms with E-state index in [4.69, 9.17) is 23.7 Å². The van der Waals surface area contributed by atoms with Gasteiger partial charge in [-0.25, -0.2) is 0 Å². The minimum atomic E-state index is -1.68. The van der Waals surface area contributed by atoms with Crippen LogP contribution in [-0.2, 0) is 36.9 Å². The Balaban J connectivity index is 1.57. The van der Waals surface area contributed by atoms with Gasteiger partial charge in [0.1, 0.15) is 42.7 Å². The SMILES string of the molecule is C[C@H]1O[C@H](O[C@H]2[C@H](O)[C@@H](O)[C@H](O)O[C@@H]2CO)[C@H](OCc2ccccc2)[C@@H](OCc2ccccc2)[C@@H]1O. The van der Waals surface area contributed by atoms with Crippen LogP contribution in [-0.4, -0.2) is 93.6 Å². The quantitative estimate of drug-likeness (QED) is 0.317. The summed E-state index contributed by atoms with van der Waals surface area (Å²) in [5.74, 6) is 0. The van der Waals surface area contributed by atoms with E-state index in [1.165, 1.54) is 0 Å². The van der Waals surface area contributed by atoms with Crippen LogP contribution in [0.2, 0.25) is 0 Å². The van der Waals surface area contributed by atoms with Gasteiger partial charge in [0, 0.05) is 0 Å². The van der Waals surface area contributed by atoms with Gasteiger partial charge in [-0.1, -0.05) is 60.7 Å². The fourth-order valence-corrected chi connectivity index (χ4v) is 4.39.